The van der Waals surface area contributed by atoms with Crippen LogP contribution in [0.5, 0.6) is 0 Å². The Morgan fingerprint density at radius 2 is 1.86 bits per heavy atom. The van der Waals surface area contributed by atoms with Crippen LogP contribution in [0.2, 0.25) is 0 Å². The Morgan fingerprint density at radius 3 is 2.50 bits per heavy atom. The zero-order chi connectivity index (χ0) is 20.4. The number of fused-ring (bicyclic) bond motifs is 1. The van der Waals surface area contributed by atoms with Crippen LogP contribution in [0.25, 0.3) is 0 Å². The van der Waals surface area contributed by atoms with Crippen molar-refractivity contribution in [2.24, 2.45) is 11.8 Å². The summed E-state index contributed by atoms with van der Waals surface area (Å²) in [5, 5.41) is 18.9. The van der Waals surface area contributed by atoms with Crippen LogP contribution in [0.1, 0.15) is 58.4 Å². The fourth-order valence-corrected chi connectivity index (χ4v) is 5.50. The molecule has 2 fully saturated rings. The van der Waals surface area contributed by atoms with E-state index in [2.05, 4.69) is 17.6 Å². The Morgan fingerprint density at radius 1 is 1.18 bits per heavy atom. The van der Waals surface area contributed by atoms with E-state index in [9.17, 15) is 9.90 Å². The molecule has 0 spiro atoms. The van der Waals surface area contributed by atoms with E-state index in [-0.39, 0.29) is 11.6 Å². The molecule has 5 atom stereocenters. The third-order valence-electron chi connectivity index (χ3n) is 6.64. The summed E-state index contributed by atoms with van der Waals surface area (Å²) in [7, 11) is 0. The summed E-state index contributed by atoms with van der Waals surface area (Å²) in [5.74, 6) is 1.00. The number of hydrogen-bond donors (Lipinski definition) is 3. The summed E-state index contributed by atoms with van der Waals surface area (Å²) in [5.41, 5.74) is -1.99. The average molecular weight is 386 g/mol. The van der Waals surface area contributed by atoms with Gasteiger partial charge in [-0.15, -0.1) is 0 Å². The second-order valence-electron chi connectivity index (χ2n) is 9.98. The maximum Gasteiger partial charge on any atom is 0.144 e. The first kappa shape index (κ1) is 21.5. The van der Waals surface area contributed by atoms with Crippen LogP contribution in [0.3, 0.4) is 0 Å². The minimum atomic E-state index is -1.47. The highest BCUT2D eigenvalue weighted by atomic mass is 16.3. The van der Waals surface area contributed by atoms with E-state index >= 15 is 0 Å². The summed E-state index contributed by atoms with van der Waals surface area (Å²) >= 11 is 0. The fraction of sp³-hybridized carbons (Fsp3) is 0.667. The number of benzene rings is 1. The van der Waals surface area contributed by atoms with Gasteiger partial charge in [0.25, 0.3) is 0 Å². The number of carbonyl (C=O) groups excluding carboxylic acids is 1. The van der Waals surface area contributed by atoms with Crippen molar-refractivity contribution >= 4 is 6.29 Å². The van der Waals surface area contributed by atoms with Gasteiger partial charge < -0.3 is 15.2 Å². The zero-order valence-electron chi connectivity index (χ0n) is 17.7. The highest BCUT2D eigenvalue weighted by Crippen LogP contribution is 2.43. The monoisotopic (exact) mass is 385 g/mol. The Hall–Kier alpha value is -1.23. The molecular formula is C24H37N2O2. The van der Waals surface area contributed by atoms with Crippen molar-refractivity contribution in [3.8, 4) is 0 Å². The van der Waals surface area contributed by atoms with Gasteiger partial charge in [0.2, 0.25) is 0 Å². The maximum atomic E-state index is 12.8. The number of aliphatic hydroxyl groups is 1. The molecule has 1 aromatic carbocycles. The smallest absolute Gasteiger partial charge is 0.144 e. The first-order valence-corrected chi connectivity index (χ1v) is 10.8. The molecule has 1 heterocycles. The lowest BCUT2D eigenvalue weighted by Crippen LogP contribution is -2.78. The number of rotatable bonds is 6. The highest BCUT2D eigenvalue weighted by molar-refractivity contribution is 5.70. The van der Waals surface area contributed by atoms with Gasteiger partial charge in [-0.25, -0.2) is 0 Å². The number of carbonyl (C=O) groups is 1. The van der Waals surface area contributed by atoms with Crippen LogP contribution in [0, 0.1) is 18.8 Å². The predicted molar refractivity (Wildman–Crippen MR) is 114 cm³/mol. The standard InChI is InChI=1S/C24H37N2O2/c1-22(2,3)26-24(17-27,23(4,28)16-18-10-6-5-7-11-18)21-20-13-9-8-12-19(20)14-15-25-21/h5-7,10-11,17,19-21,25-26,28H,4,8-9,12-16H2,1-3H3. The Labute approximate surface area is 170 Å². The van der Waals surface area contributed by atoms with Gasteiger partial charge in [0.1, 0.15) is 11.8 Å². The molecule has 0 amide bonds. The minimum absolute atomic E-state index is 0.130. The van der Waals surface area contributed by atoms with E-state index in [1.54, 1.807) is 0 Å². The largest absolute Gasteiger partial charge is 0.387 e. The van der Waals surface area contributed by atoms with E-state index in [4.69, 9.17) is 0 Å². The number of nitrogens with one attached hydrogen (secondary N) is 2. The van der Waals surface area contributed by atoms with Crippen LogP contribution in [0.4, 0.5) is 0 Å². The summed E-state index contributed by atoms with van der Waals surface area (Å²) < 4.78 is 0. The third-order valence-corrected chi connectivity index (χ3v) is 6.64. The minimum Gasteiger partial charge on any atom is -0.387 e. The molecule has 155 valence electrons. The molecule has 1 aliphatic heterocycles. The first-order chi connectivity index (χ1) is 13.2. The molecule has 1 saturated heterocycles. The van der Waals surface area contributed by atoms with Crippen molar-refractivity contribution < 1.29 is 9.90 Å². The van der Waals surface area contributed by atoms with Gasteiger partial charge in [-0.3, -0.25) is 5.32 Å². The van der Waals surface area contributed by atoms with Crippen molar-refractivity contribution in [2.45, 2.75) is 82.0 Å². The van der Waals surface area contributed by atoms with Crippen LogP contribution in [-0.4, -0.2) is 40.7 Å². The van der Waals surface area contributed by atoms with Crippen molar-refractivity contribution in [3.63, 3.8) is 0 Å². The molecule has 4 nitrogen and oxygen atoms in total. The molecule has 28 heavy (non-hydrogen) atoms. The van der Waals surface area contributed by atoms with Crippen LogP contribution < -0.4 is 10.6 Å². The van der Waals surface area contributed by atoms with Gasteiger partial charge in [0.15, 0.2) is 0 Å². The molecule has 2 aliphatic rings. The normalized spacial score (nSPS) is 30.0. The van der Waals surface area contributed by atoms with Crippen molar-refractivity contribution in [1.82, 2.24) is 10.6 Å². The fourth-order valence-electron chi connectivity index (χ4n) is 5.50. The number of hydrogen-bond acceptors (Lipinski definition) is 4. The van der Waals surface area contributed by atoms with Gasteiger partial charge in [0, 0.05) is 18.0 Å². The lowest BCUT2D eigenvalue weighted by atomic mass is 9.61. The molecule has 1 aliphatic carbocycles. The molecule has 1 saturated carbocycles. The predicted octanol–water partition coefficient (Wildman–Crippen LogP) is 3.29. The number of aldehydes is 1. The van der Waals surface area contributed by atoms with E-state index in [1.807, 2.05) is 51.1 Å². The van der Waals surface area contributed by atoms with Crippen molar-refractivity contribution in [1.29, 1.82) is 0 Å². The lowest BCUT2D eigenvalue weighted by Gasteiger charge is -2.56. The van der Waals surface area contributed by atoms with Crippen LogP contribution in [-0.2, 0) is 11.2 Å². The van der Waals surface area contributed by atoms with Crippen molar-refractivity contribution in [3.05, 3.63) is 42.8 Å². The van der Waals surface area contributed by atoms with Crippen molar-refractivity contribution in [2.75, 3.05) is 6.54 Å². The zero-order valence-corrected chi connectivity index (χ0v) is 17.7. The molecule has 1 radical (unpaired) electrons. The van der Waals surface area contributed by atoms with E-state index in [1.165, 1.54) is 19.3 Å². The lowest BCUT2D eigenvalue weighted by molar-refractivity contribution is -0.132. The summed E-state index contributed by atoms with van der Waals surface area (Å²) in [6.07, 6.45) is 7.21. The van der Waals surface area contributed by atoms with Gasteiger partial charge in [0.05, 0.1) is 5.60 Å². The van der Waals surface area contributed by atoms with Gasteiger partial charge >= 0.3 is 0 Å². The Balaban J connectivity index is 2.02. The molecule has 3 N–H and O–H groups in total. The summed E-state index contributed by atoms with van der Waals surface area (Å²) in [4.78, 5) is 12.8. The molecule has 4 heteroatoms. The Kier molecular flexibility index (Phi) is 6.33. The van der Waals surface area contributed by atoms with E-state index in [0.29, 0.717) is 18.3 Å². The second-order valence-corrected chi connectivity index (χ2v) is 9.98. The average Bonchev–Trinajstić information content (AvgIpc) is 2.65. The molecular weight excluding hydrogens is 348 g/mol. The molecule has 3 rings (SSSR count). The molecule has 0 aromatic heterocycles. The second kappa shape index (κ2) is 8.25. The SMILES string of the molecule is [CH2]C(O)(Cc1ccccc1)C(C=O)(NC(C)(C)C)C1NCCC2CCCCC21. The van der Waals surface area contributed by atoms with Gasteiger partial charge in [-0.05, 0) is 64.5 Å². The highest BCUT2D eigenvalue weighted by Gasteiger charge is 2.57. The van der Waals surface area contributed by atoms with Gasteiger partial charge in [-0.2, -0.15) is 0 Å². The maximum absolute atomic E-state index is 12.8. The van der Waals surface area contributed by atoms with Crippen LogP contribution in [0.15, 0.2) is 30.3 Å². The topological polar surface area (TPSA) is 61.4 Å². The quantitative estimate of drug-likeness (QED) is 0.658. The third kappa shape index (κ3) is 4.34. The van der Waals surface area contributed by atoms with Crippen LogP contribution >= 0.6 is 0 Å². The van der Waals surface area contributed by atoms with E-state index in [0.717, 1.165) is 31.2 Å². The van der Waals surface area contributed by atoms with E-state index < -0.39 is 11.1 Å². The number of piperidine rings is 1. The Bertz CT molecular complexity index is 650. The molecule has 0 bridgehead atoms. The molecule has 1 aromatic rings. The first-order valence-electron chi connectivity index (χ1n) is 10.8. The molecule has 5 unspecified atom stereocenters. The summed E-state index contributed by atoms with van der Waals surface area (Å²) in [6.45, 7) is 11.3. The van der Waals surface area contributed by atoms with Gasteiger partial charge in [-0.1, -0.05) is 49.6 Å². The summed E-state index contributed by atoms with van der Waals surface area (Å²) in [6, 6.07) is 9.72.